The zero-order valence-electron chi connectivity index (χ0n) is 17.2. The van der Waals surface area contributed by atoms with Gasteiger partial charge in [0.05, 0.1) is 18.0 Å². The van der Waals surface area contributed by atoms with E-state index in [0.29, 0.717) is 24.3 Å². The number of carbonyl (C=O) groups excluding carboxylic acids is 1. The van der Waals surface area contributed by atoms with E-state index in [-0.39, 0.29) is 24.1 Å². The quantitative estimate of drug-likeness (QED) is 0.727. The largest absolute Gasteiger partial charge is 0.376 e. The minimum Gasteiger partial charge on any atom is -0.376 e. The van der Waals surface area contributed by atoms with Crippen molar-refractivity contribution >= 4 is 27.5 Å². The Morgan fingerprint density at radius 1 is 1.36 bits per heavy atom. The van der Waals surface area contributed by atoms with Gasteiger partial charge in [0.25, 0.3) is 5.56 Å². The number of rotatable bonds is 8. The van der Waals surface area contributed by atoms with Gasteiger partial charge in [-0.05, 0) is 45.3 Å². The van der Waals surface area contributed by atoms with E-state index in [1.807, 2.05) is 13.8 Å². The monoisotopic (exact) mass is 406 g/mol. The van der Waals surface area contributed by atoms with Crippen LogP contribution in [0, 0.1) is 13.8 Å². The Kier molecular flexibility index (Phi) is 6.85. The fourth-order valence-corrected chi connectivity index (χ4v) is 4.57. The molecule has 3 heterocycles. The van der Waals surface area contributed by atoms with Gasteiger partial charge in [-0.1, -0.05) is 13.8 Å². The molecule has 7 nitrogen and oxygen atoms in total. The lowest BCUT2D eigenvalue weighted by Crippen LogP contribution is -2.38. The molecule has 0 saturated carbocycles. The summed E-state index contributed by atoms with van der Waals surface area (Å²) in [4.78, 5) is 34.6. The summed E-state index contributed by atoms with van der Waals surface area (Å²) in [5, 5.41) is 3.55. The van der Waals surface area contributed by atoms with Crippen LogP contribution in [-0.4, -0.2) is 52.7 Å². The Morgan fingerprint density at radius 3 is 2.75 bits per heavy atom. The van der Waals surface area contributed by atoms with Crippen molar-refractivity contribution in [2.45, 2.75) is 59.7 Å². The van der Waals surface area contributed by atoms with Gasteiger partial charge < -0.3 is 10.1 Å². The zero-order valence-corrected chi connectivity index (χ0v) is 18.0. The number of nitrogens with zero attached hydrogens (tertiary/aromatic N) is 3. The molecule has 0 bridgehead atoms. The number of aryl methyl sites for hydroxylation is 2. The minimum absolute atomic E-state index is 0.0145. The van der Waals surface area contributed by atoms with Crippen molar-refractivity contribution in [1.29, 1.82) is 0 Å². The second-order valence-electron chi connectivity index (χ2n) is 7.28. The Labute approximate surface area is 169 Å². The van der Waals surface area contributed by atoms with E-state index in [4.69, 9.17) is 9.72 Å². The highest BCUT2D eigenvalue weighted by Crippen LogP contribution is 2.26. The fourth-order valence-electron chi connectivity index (χ4n) is 3.53. The fraction of sp³-hybridized carbons (Fsp3) is 0.650. The maximum Gasteiger partial charge on any atom is 0.263 e. The molecule has 0 radical (unpaired) electrons. The predicted molar refractivity (Wildman–Crippen MR) is 112 cm³/mol. The first-order valence-electron chi connectivity index (χ1n) is 10.0. The van der Waals surface area contributed by atoms with Crippen LogP contribution in [0.3, 0.4) is 0 Å². The van der Waals surface area contributed by atoms with Crippen LogP contribution in [-0.2, 0) is 22.6 Å². The highest BCUT2D eigenvalue weighted by atomic mass is 32.1. The van der Waals surface area contributed by atoms with E-state index in [9.17, 15) is 9.59 Å². The van der Waals surface area contributed by atoms with Crippen LogP contribution in [0.1, 0.15) is 43.0 Å². The molecule has 2 aromatic heterocycles. The van der Waals surface area contributed by atoms with Crippen molar-refractivity contribution in [3.05, 3.63) is 26.6 Å². The van der Waals surface area contributed by atoms with E-state index in [0.717, 1.165) is 47.8 Å². The third-order valence-corrected chi connectivity index (χ3v) is 6.58. The molecule has 1 unspecified atom stereocenters. The van der Waals surface area contributed by atoms with Gasteiger partial charge in [0.15, 0.2) is 0 Å². The number of thiophene rings is 1. The summed E-state index contributed by atoms with van der Waals surface area (Å²) in [6, 6.07) is 0. The molecule has 1 fully saturated rings. The molecule has 1 aliphatic heterocycles. The van der Waals surface area contributed by atoms with Gasteiger partial charge in [0.1, 0.15) is 17.2 Å². The molecule has 1 amide bonds. The first kappa shape index (κ1) is 21.0. The Bertz CT molecular complexity index is 895. The number of nitrogens with one attached hydrogen (secondary N) is 1. The summed E-state index contributed by atoms with van der Waals surface area (Å²) >= 11 is 1.54. The normalized spacial score (nSPS) is 17.0. The van der Waals surface area contributed by atoms with Crippen LogP contribution < -0.4 is 10.9 Å². The van der Waals surface area contributed by atoms with Crippen LogP contribution >= 0.6 is 11.3 Å². The smallest absolute Gasteiger partial charge is 0.263 e. The number of carbonyl (C=O) groups is 1. The van der Waals surface area contributed by atoms with Gasteiger partial charge in [0, 0.05) is 18.0 Å². The van der Waals surface area contributed by atoms with Gasteiger partial charge >= 0.3 is 0 Å². The number of aromatic nitrogens is 2. The first-order valence-corrected chi connectivity index (χ1v) is 10.9. The summed E-state index contributed by atoms with van der Waals surface area (Å²) in [6.45, 7) is 11.6. The topological polar surface area (TPSA) is 76.5 Å². The summed E-state index contributed by atoms with van der Waals surface area (Å²) in [7, 11) is 0. The summed E-state index contributed by atoms with van der Waals surface area (Å²) in [5.41, 5.74) is 0.835. The molecule has 1 aliphatic rings. The van der Waals surface area contributed by atoms with E-state index in [1.54, 1.807) is 15.9 Å². The molecule has 0 spiro atoms. The van der Waals surface area contributed by atoms with Gasteiger partial charge in [-0.15, -0.1) is 11.3 Å². The highest BCUT2D eigenvalue weighted by Gasteiger charge is 2.20. The standard InChI is InChI=1S/C20H30N4O3S/c1-5-23(6-2)11-16-22-19-18(13(3)14(4)28-19)20(26)24(16)12-17(25)21-10-15-8-7-9-27-15/h15H,5-12H2,1-4H3,(H,21,25). The first-order chi connectivity index (χ1) is 13.4. The van der Waals surface area contributed by atoms with E-state index in [2.05, 4.69) is 24.1 Å². The molecule has 1 N–H and O–H groups in total. The molecule has 8 heteroatoms. The maximum atomic E-state index is 13.2. The van der Waals surface area contributed by atoms with Crippen molar-refractivity contribution < 1.29 is 9.53 Å². The Hall–Kier alpha value is -1.77. The lowest BCUT2D eigenvalue weighted by molar-refractivity contribution is -0.122. The lowest BCUT2D eigenvalue weighted by atomic mass is 10.2. The van der Waals surface area contributed by atoms with Crippen LogP contribution in [0.25, 0.3) is 10.2 Å². The predicted octanol–water partition coefficient (Wildman–Crippen LogP) is 2.21. The molecule has 2 aromatic rings. The number of ether oxygens (including phenoxy) is 1. The van der Waals surface area contributed by atoms with Crippen LogP contribution in [0.15, 0.2) is 4.79 Å². The second kappa shape index (κ2) is 9.15. The zero-order chi connectivity index (χ0) is 20.3. The molecule has 0 aromatic carbocycles. The van der Waals surface area contributed by atoms with Crippen molar-refractivity contribution in [3.8, 4) is 0 Å². The van der Waals surface area contributed by atoms with Crippen molar-refractivity contribution in [3.63, 3.8) is 0 Å². The molecular weight excluding hydrogens is 376 g/mol. The molecular formula is C20H30N4O3S. The summed E-state index contributed by atoms with van der Waals surface area (Å²) in [6.07, 6.45) is 2.08. The number of hydrogen-bond donors (Lipinski definition) is 1. The molecule has 154 valence electrons. The molecule has 1 atom stereocenters. The van der Waals surface area contributed by atoms with Crippen LogP contribution in [0.4, 0.5) is 0 Å². The number of hydrogen-bond acceptors (Lipinski definition) is 6. The molecule has 0 aliphatic carbocycles. The minimum atomic E-state index is -0.177. The SMILES string of the molecule is CCN(CC)Cc1nc2sc(C)c(C)c2c(=O)n1CC(=O)NCC1CCCO1. The van der Waals surface area contributed by atoms with Crippen molar-refractivity contribution in [2.75, 3.05) is 26.2 Å². The number of amides is 1. The average molecular weight is 407 g/mol. The van der Waals surface area contributed by atoms with Gasteiger partial charge in [-0.25, -0.2) is 4.98 Å². The maximum absolute atomic E-state index is 13.2. The third-order valence-electron chi connectivity index (χ3n) is 5.48. The molecule has 28 heavy (non-hydrogen) atoms. The second-order valence-corrected chi connectivity index (χ2v) is 8.49. The number of fused-ring (bicyclic) bond motifs is 1. The lowest BCUT2D eigenvalue weighted by Gasteiger charge is -2.20. The summed E-state index contributed by atoms with van der Waals surface area (Å²) in [5.74, 6) is 0.471. The van der Waals surface area contributed by atoms with Crippen LogP contribution in [0.5, 0.6) is 0 Å². The van der Waals surface area contributed by atoms with Gasteiger partial charge in [-0.3, -0.25) is 19.1 Å². The Balaban J connectivity index is 1.90. The van der Waals surface area contributed by atoms with Crippen molar-refractivity contribution in [1.82, 2.24) is 19.8 Å². The third kappa shape index (κ3) is 4.45. The highest BCUT2D eigenvalue weighted by molar-refractivity contribution is 7.18. The molecule has 1 saturated heterocycles. The van der Waals surface area contributed by atoms with Gasteiger partial charge in [-0.2, -0.15) is 0 Å². The Morgan fingerprint density at radius 2 is 2.11 bits per heavy atom. The van der Waals surface area contributed by atoms with Gasteiger partial charge in [0.2, 0.25) is 5.91 Å². The van der Waals surface area contributed by atoms with E-state index < -0.39 is 0 Å². The van der Waals surface area contributed by atoms with Crippen molar-refractivity contribution in [2.24, 2.45) is 0 Å². The van der Waals surface area contributed by atoms with E-state index in [1.165, 1.54) is 0 Å². The van der Waals surface area contributed by atoms with Crippen LogP contribution in [0.2, 0.25) is 0 Å². The average Bonchev–Trinajstić information content (AvgIpc) is 3.29. The molecule has 3 rings (SSSR count). The summed E-state index contributed by atoms with van der Waals surface area (Å²) < 4.78 is 7.10. The van der Waals surface area contributed by atoms with E-state index >= 15 is 0 Å².